The van der Waals surface area contributed by atoms with E-state index in [1.807, 2.05) is 6.07 Å². The highest BCUT2D eigenvalue weighted by atomic mass is 79.9. The van der Waals surface area contributed by atoms with Gasteiger partial charge in [-0.05, 0) is 44.4 Å². The predicted octanol–water partition coefficient (Wildman–Crippen LogP) is 4.12. The molecule has 0 radical (unpaired) electrons. The highest BCUT2D eigenvalue weighted by Crippen LogP contribution is 2.27. The van der Waals surface area contributed by atoms with Crippen LogP contribution in [0.3, 0.4) is 0 Å². The molecule has 0 unspecified atom stereocenters. The maximum absolute atomic E-state index is 11.3. The topological polar surface area (TPSA) is 22.0 Å². The van der Waals surface area contributed by atoms with Crippen LogP contribution in [-0.4, -0.2) is 10.4 Å². The fourth-order valence-electron chi connectivity index (χ4n) is 2.25. The van der Waals surface area contributed by atoms with Gasteiger partial charge in [-0.2, -0.15) is 0 Å². The van der Waals surface area contributed by atoms with Crippen LogP contribution in [0, 0.1) is 0 Å². The molecule has 0 atom stereocenters. The van der Waals surface area contributed by atoms with E-state index in [0.717, 1.165) is 10.2 Å². The zero-order chi connectivity index (χ0) is 12.6. The van der Waals surface area contributed by atoms with Crippen molar-refractivity contribution in [3.05, 3.63) is 34.4 Å². The van der Waals surface area contributed by atoms with Crippen molar-refractivity contribution in [1.82, 2.24) is 4.57 Å². The second-order valence-corrected chi connectivity index (χ2v) is 5.60. The molecule has 0 aliphatic rings. The summed E-state index contributed by atoms with van der Waals surface area (Å²) in [5.74, 6) is 0.203. The Morgan fingerprint density at radius 1 is 1.35 bits per heavy atom. The Balaban J connectivity index is 2.66. The van der Waals surface area contributed by atoms with Crippen molar-refractivity contribution in [2.45, 2.75) is 33.2 Å². The normalized spacial score (nSPS) is 11.4. The lowest BCUT2D eigenvalue weighted by Gasteiger charge is -2.14. The molecule has 0 spiro atoms. The van der Waals surface area contributed by atoms with E-state index in [1.165, 1.54) is 10.9 Å². The number of halogens is 1. The number of carbonyl (C=O) groups excluding carboxylic acids is 1. The van der Waals surface area contributed by atoms with Crippen LogP contribution in [0.1, 0.15) is 32.5 Å². The molecule has 1 aromatic carbocycles. The molecule has 0 saturated heterocycles. The molecule has 17 heavy (non-hydrogen) atoms. The SMILES string of the molecule is CC(=O)Cc1cc2ccc(Br)cc2n1C(C)C. The van der Waals surface area contributed by atoms with Crippen molar-refractivity contribution in [2.24, 2.45) is 0 Å². The number of ketones is 1. The molecule has 2 aromatic rings. The van der Waals surface area contributed by atoms with Gasteiger partial charge < -0.3 is 4.57 Å². The molecule has 0 aliphatic heterocycles. The van der Waals surface area contributed by atoms with Crippen LogP contribution in [0.4, 0.5) is 0 Å². The number of Topliss-reactive ketones (excluding diaryl/α,β-unsaturated/α-hetero) is 1. The van der Waals surface area contributed by atoms with E-state index >= 15 is 0 Å². The van der Waals surface area contributed by atoms with Gasteiger partial charge in [0.15, 0.2) is 0 Å². The Hall–Kier alpha value is -1.09. The Kier molecular flexibility index (Phi) is 3.38. The van der Waals surface area contributed by atoms with Crippen LogP contribution in [0.5, 0.6) is 0 Å². The first-order chi connectivity index (χ1) is 7.99. The van der Waals surface area contributed by atoms with E-state index in [9.17, 15) is 4.79 Å². The van der Waals surface area contributed by atoms with Crippen LogP contribution in [0.2, 0.25) is 0 Å². The largest absolute Gasteiger partial charge is 0.342 e. The quantitative estimate of drug-likeness (QED) is 0.834. The molecule has 0 bridgehead atoms. The van der Waals surface area contributed by atoms with Crippen molar-refractivity contribution in [3.63, 3.8) is 0 Å². The first-order valence-corrected chi connectivity index (χ1v) is 6.57. The molecule has 0 N–H and O–H groups in total. The summed E-state index contributed by atoms with van der Waals surface area (Å²) in [7, 11) is 0. The number of aromatic nitrogens is 1. The van der Waals surface area contributed by atoms with Gasteiger partial charge in [0.05, 0.1) is 0 Å². The fraction of sp³-hybridized carbons (Fsp3) is 0.357. The Morgan fingerprint density at radius 3 is 2.65 bits per heavy atom. The highest BCUT2D eigenvalue weighted by Gasteiger charge is 2.12. The standard InChI is InChI=1S/C14H16BrNO/c1-9(2)16-13(6-10(3)17)7-11-4-5-12(15)8-14(11)16/h4-5,7-9H,6H2,1-3H3. The summed E-state index contributed by atoms with van der Waals surface area (Å²) < 4.78 is 3.31. The Bertz CT molecular complexity index is 569. The molecule has 1 aromatic heterocycles. The highest BCUT2D eigenvalue weighted by molar-refractivity contribution is 9.10. The third-order valence-electron chi connectivity index (χ3n) is 2.83. The summed E-state index contributed by atoms with van der Waals surface area (Å²) in [6.07, 6.45) is 0.504. The van der Waals surface area contributed by atoms with E-state index in [0.29, 0.717) is 12.5 Å². The smallest absolute Gasteiger partial charge is 0.135 e. The minimum atomic E-state index is 0.203. The van der Waals surface area contributed by atoms with Crippen LogP contribution >= 0.6 is 15.9 Å². The van der Waals surface area contributed by atoms with Gasteiger partial charge in [-0.1, -0.05) is 22.0 Å². The van der Waals surface area contributed by atoms with Gasteiger partial charge in [0.25, 0.3) is 0 Å². The van der Waals surface area contributed by atoms with Gasteiger partial charge in [-0.25, -0.2) is 0 Å². The van der Waals surface area contributed by atoms with E-state index in [2.05, 4.69) is 52.5 Å². The lowest BCUT2D eigenvalue weighted by atomic mass is 10.2. The van der Waals surface area contributed by atoms with Crippen molar-refractivity contribution >= 4 is 32.6 Å². The third kappa shape index (κ3) is 2.44. The zero-order valence-electron chi connectivity index (χ0n) is 10.3. The van der Waals surface area contributed by atoms with E-state index in [-0.39, 0.29) is 5.78 Å². The molecule has 2 nitrogen and oxygen atoms in total. The van der Waals surface area contributed by atoms with Crippen LogP contribution in [0.15, 0.2) is 28.7 Å². The average molecular weight is 294 g/mol. The maximum Gasteiger partial charge on any atom is 0.135 e. The van der Waals surface area contributed by atoms with E-state index < -0.39 is 0 Å². The summed E-state index contributed by atoms with van der Waals surface area (Å²) in [6, 6.07) is 8.70. The summed E-state index contributed by atoms with van der Waals surface area (Å²) in [5, 5.41) is 1.19. The lowest BCUT2D eigenvalue weighted by molar-refractivity contribution is -0.116. The second-order valence-electron chi connectivity index (χ2n) is 4.68. The minimum Gasteiger partial charge on any atom is -0.342 e. The molecule has 0 aliphatic carbocycles. The third-order valence-corrected chi connectivity index (χ3v) is 3.32. The summed E-state index contributed by atoms with van der Waals surface area (Å²) in [4.78, 5) is 11.3. The molecule has 0 saturated carbocycles. The Morgan fingerprint density at radius 2 is 2.06 bits per heavy atom. The molecule has 90 valence electrons. The monoisotopic (exact) mass is 293 g/mol. The molecular weight excluding hydrogens is 278 g/mol. The number of nitrogens with zero attached hydrogens (tertiary/aromatic N) is 1. The fourth-order valence-corrected chi connectivity index (χ4v) is 2.60. The number of benzene rings is 1. The van der Waals surface area contributed by atoms with Gasteiger partial charge in [-0.15, -0.1) is 0 Å². The van der Waals surface area contributed by atoms with Crippen molar-refractivity contribution in [3.8, 4) is 0 Å². The first-order valence-electron chi connectivity index (χ1n) is 5.78. The summed E-state index contributed by atoms with van der Waals surface area (Å²) in [5.41, 5.74) is 2.28. The van der Waals surface area contributed by atoms with Gasteiger partial charge in [0, 0.05) is 28.1 Å². The van der Waals surface area contributed by atoms with Crippen LogP contribution < -0.4 is 0 Å². The molecule has 0 fully saturated rings. The molecule has 1 heterocycles. The van der Waals surface area contributed by atoms with Gasteiger partial charge in [0.1, 0.15) is 5.78 Å². The van der Waals surface area contributed by atoms with Gasteiger partial charge >= 0.3 is 0 Å². The average Bonchev–Trinajstić information content (AvgIpc) is 2.53. The first kappa shape index (κ1) is 12.4. The van der Waals surface area contributed by atoms with Gasteiger partial charge in [0.2, 0.25) is 0 Å². The molecular formula is C14H16BrNO. The predicted molar refractivity (Wildman–Crippen MR) is 74.4 cm³/mol. The zero-order valence-corrected chi connectivity index (χ0v) is 11.9. The van der Waals surface area contributed by atoms with Crippen molar-refractivity contribution < 1.29 is 4.79 Å². The second kappa shape index (κ2) is 4.65. The van der Waals surface area contributed by atoms with E-state index in [4.69, 9.17) is 0 Å². The maximum atomic E-state index is 11.3. The minimum absolute atomic E-state index is 0.203. The molecule has 3 heteroatoms. The lowest BCUT2D eigenvalue weighted by Crippen LogP contribution is -2.08. The number of hydrogen-bond donors (Lipinski definition) is 0. The summed E-state index contributed by atoms with van der Waals surface area (Å²) >= 11 is 3.50. The molecule has 2 rings (SSSR count). The van der Waals surface area contributed by atoms with Crippen molar-refractivity contribution in [1.29, 1.82) is 0 Å². The van der Waals surface area contributed by atoms with Crippen LogP contribution in [0.25, 0.3) is 10.9 Å². The number of carbonyl (C=O) groups is 1. The molecule has 0 amide bonds. The summed E-state index contributed by atoms with van der Waals surface area (Å²) in [6.45, 7) is 5.92. The number of hydrogen-bond acceptors (Lipinski definition) is 1. The number of rotatable bonds is 3. The number of fused-ring (bicyclic) bond motifs is 1. The van der Waals surface area contributed by atoms with Crippen LogP contribution in [-0.2, 0) is 11.2 Å². The van der Waals surface area contributed by atoms with E-state index in [1.54, 1.807) is 6.92 Å². The van der Waals surface area contributed by atoms with Crippen molar-refractivity contribution in [2.75, 3.05) is 0 Å². The Labute approximate surface area is 110 Å². The van der Waals surface area contributed by atoms with Gasteiger partial charge in [-0.3, -0.25) is 4.79 Å².